The van der Waals surface area contributed by atoms with Gasteiger partial charge in [0.25, 0.3) is 0 Å². The van der Waals surface area contributed by atoms with E-state index in [1.807, 2.05) is 0 Å². The molecule has 0 aromatic heterocycles. The van der Waals surface area contributed by atoms with Gasteiger partial charge < -0.3 is 14.6 Å². The largest absolute Gasteiger partial charge is 0.384 e. The van der Waals surface area contributed by atoms with Crippen LogP contribution in [-0.4, -0.2) is 42.1 Å². The lowest BCUT2D eigenvalue weighted by molar-refractivity contribution is -0.106. The molecule has 0 radical (unpaired) electrons. The second kappa shape index (κ2) is 4.08. The van der Waals surface area contributed by atoms with Gasteiger partial charge in [0.1, 0.15) is 18.3 Å². The molecule has 0 aromatic carbocycles. The number of hydrogen-bond acceptors (Lipinski definition) is 3. The molecule has 1 heterocycles. The Morgan fingerprint density at radius 3 is 2.43 bits per heavy atom. The van der Waals surface area contributed by atoms with Gasteiger partial charge in [0, 0.05) is 0 Å². The van der Waals surface area contributed by atoms with E-state index < -0.39 is 24.2 Å². The minimum Gasteiger partial charge on any atom is -0.384 e. The Kier molecular flexibility index (Phi) is 3.44. The normalized spacial score (nSPS) is 36.6. The van der Waals surface area contributed by atoms with Crippen LogP contribution in [0.2, 0.25) is 0 Å². The summed E-state index contributed by atoms with van der Waals surface area (Å²) in [5.41, 5.74) is 0. The van der Waals surface area contributed by atoms with Crippen LogP contribution in [0.15, 0.2) is 0 Å². The molecule has 1 fully saturated rings. The van der Waals surface area contributed by atoms with E-state index in [9.17, 15) is 13.9 Å². The summed E-state index contributed by atoms with van der Waals surface area (Å²) in [6.07, 6.45) is -4.01. The van der Waals surface area contributed by atoms with E-state index in [1.165, 1.54) is 6.92 Å². The number of hydrogen-bond donors (Lipinski definition) is 1. The second-order valence-electron chi connectivity index (χ2n) is 3.82. The molecule has 1 aliphatic rings. The quantitative estimate of drug-likeness (QED) is 0.760. The van der Waals surface area contributed by atoms with Crippen LogP contribution >= 0.6 is 0 Å². The molecule has 14 heavy (non-hydrogen) atoms. The third-order valence-corrected chi connectivity index (χ3v) is 2.26. The van der Waals surface area contributed by atoms with E-state index in [2.05, 4.69) is 0 Å². The molecular formula is C9H16F2O3. The molecular weight excluding hydrogens is 194 g/mol. The van der Waals surface area contributed by atoms with Crippen molar-refractivity contribution in [2.75, 3.05) is 6.61 Å². The Hall–Kier alpha value is -0.260. The highest BCUT2D eigenvalue weighted by Gasteiger charge is 2.56. The number of aliphatic hydroxyl groups is 1. The zero-order valence-corrected chi connectivity index (χ0v) is 8.54. The third-order valence-electron chi connectivity index (χ3n) is 2.26. The summed E-state index contributed by atoms with van der Waals surface area (Å²) < 4.78 is 36.2. The highest BCUT2D eigenvalue weighted by atomic mass is 19.3. The van der Waals surface area contributed by atoms with Gasteiger partial charge in [-0.05, 0) is 20.8 Å². The van der Waals surface area contributed by atoms with Gasteiger partial charge >= 0.3 is 5.92 Å². The number of aliphatic hydroxyl groups excluding tert-OH is 1. The molecule has 0 saturated carbocycles. The van der Waals surface area contributed by atoms with Crippen molar-refractivity contribution in [1.29, 1.82) is 0 Å². The molecule has 0 spiro atoms. The summed E-state index contributed by atoms with van der Waals surface area (Å²) in [5.74, 6) is -3.18. The smallest absolute Gasteiger partial charge is 0.301 e. The van der Waals surface area contributed by atoms with Crippen molar-refractivity contribution in [3.05, 3.63) is 0 Å². The molecule has 0 amide bonds. The molecule has 3 unspecified atom stereocenters. The fourth-order valence-corrected chi connectivity index (χ4v) is 1.33. The molecule has 5 heteroatoms. The van der Waals surface area contributed by atoms with Crippen molar-refractivity contribution < 1.29 is 23.4 Å². The lowest BCUT2D eigenvalue weighted by Crippen LogP contribution is -2.40. The van der Waals surface area contributed by atoms with E-state index in [-0.39, 0.29) is 12.7 Å². The number of ether oxygens (including phenoxy) is 2. The first-order chi connectivity index (χ1) is 6.35. The molecule has 3 atom stereocenters. The summed E-state index contributed by atoms with van der Waals surface area (Å²) in [7, 11) is 0. The van der Waals surface area contributed by atoms with Crippen LogP contribution in [0.4, 0.5) is 8.78 Å². The average molecular weight is 210 g/mol. The van der Waals surface area contributed by atoms with Crippen LogP contribution < -0.4 is 0 Å². The number of alkyl halides is 2. The molecule has 0 aliphatic carbocycles. The first-order valence-electron chi connectivity index (χ1n) is 4.68. The predicted molar refractivity (Wildman–Crippen MR) is 46.4 cm³/mol. The highest BCUT2D eigenvalue weighted by molar-refractivity contribution is 4.95. The minimum atomic E-state index is -3.18. The maximum atomic E-state index is 13.1. The van der Waals surface area contributed by atoms with E-state index in [4.69, 9.17) is 9.47 Å². The van der Waals surface area contributed by atoms with Crippen molar-refractivity contribution in [2.45, 2.75) is 51.1 Å². The van der Waals surface area contributed by atoms with Crippen LogP contribution in [0.5, 0.6) is 0 Å². The first kappa shape index (κ1) is 11.8. The van der Waals surface area contributed by atoms with Crippen molar-refractivity contribution in [3.8, 4) is 0 Å². The van der Waals surface area contributed by atoms with Crippen molar-refractivity contribution in [1.82, 2.24) is 0 Å². The van der Waals surface area contributed by atoms with Crippen LogP contribution in [0.25, 0.3) is 0 Å². The third kappa shape index (κ3) is 2.21. The van der Waals surface area contributed by atoms with Crippen LogP contribution in [-0.2, 0) is 9.47 Å². The summed E-state index contributed by atoms with van der Waals surface area (Å²) in [4.78, 5) is 0. The lowest BCUT2D eigenvalue weighted by Gasteiger charge is -2.18. The molecule has 84 valence electrons. The van der Waals surface area contributed by atoms with Gasteiger partial charge in [0.05, 0.1) is 12.7 Å². The van der Waals surface area contributed by atoms with Gasteiger partial charge in [-0.2, -0.15) is 0 Å². The zero-order valence-electron chi connectivity index (χ0n) is 8.54. The summed E-state index contributed by atoms with van der Waals surface area (Å²) >= 11 is 0. The fraction of sp³-hybridized carbons (Fsp3) is 1.00. The summed E-state index contributed by atoms with van der Waals surface area (Å²) in [6, 6.07) is 0. The van der Waals surface area contributed by atoms with E-state index in [0.29, 0.717) is 0 Å². The molecule has 1 saturated heterocycles. The fourth-order valence-electron chi connectivity index (χ4n) is 1.33. The van der Waals surface area contributed by atoms with Crippen LogP contribution in [0.1, 0.15) is 20.8 Å². The monoisotopic (exact) mass is 210 g/mol. The Labute approximate surface area is 82.0 Å². The van der Waals surface area contributed by atoms with Gasteiger partial charge in [0.15, 0.2) is 0 Å². The Morgan fingerprint density at radius 1 is 1.50 bits per heavy atom. The Bertz CT molecular complexity index is 196. The first-order valence-corrected chi connectivity index (χ1v) is 4.68. The van der Waals surface area contributed by atoms with Crippen molar-refractivity contribution in [2.24, 2.45) is 0 Å². The van der Waals surface area contributed by atoms with E-state index in [1.54, 1.807) is 13.8 Å². The van der Waals surface area contributed by atoms with E-state index >= 15 is 0 Å². The Morgan fingerprint density at radius 2 is 2.07 bits per heavy atom. The molecule has 1 N–H and O–H groups in total. The zero-order chi connectivity index (χ0) is 10.9. The SMILES string of the molecule is CC(C)OCC1OC(C)C(F)(F)C1O. The van der Waals surface area contributed by atoms with Crippen molar-refractivity contribution in [3.63, 3.8) is 0 Å². The standard InChI is InChI=1S/C9H16F2O3/c1-5(2)13-4-7-8(12)9(10,11)6(3)14-7/h5-8,12H,4H2,1-3H3. The lowest BCUT2D eigenvalue weighted by atomic mass is 10.1. The van der Waals surface area contributed by atoms with Gasteiger partial charge in [-0.1, -0.05) is 0 Å². The Balaban J connectivity index is 2.50. The highest BCUT2D eigenvalue weighted by Crippen LogP contribution is 2.35. The maximum Gasteiger partial charge on any atom is 0.301 e. The van der Waals surface area contributed by atoms with Crippen molar-refractivity contribution >= 4 is 0 Å². The maximum absolute atomic E-state index is 13.1. The topological polar surface area (TPSA) is 38.7 Å². The number of rotatable bonds is 3. The van der Waals surface area contributed by atoms with Gasteiger partial charge in [-0.25, -0.2) is 8.78 Å². The van der Waals surface area contributed by atoms with Crippen LogP contribution in [0, 0.1) is 0 Å². The molecule has 1 aliphatic heterocycles. The van der Waals surface area contributed by atoms with E-state index in [0.717, 1.165) is 0 Å². The molecule has 1 rings (SSSR count). The average Bonchev–Trinajstić information content (AvgIpc) is 2.26. The van der Waals surface area contributed by atoms with Gasteiger partial charge in [0.2, 0.25) is 0 Å². The predicted octanol–water partition coefficient (Wildman–Crippen LogP) is 1.19. The molecule has 0 aromatic rings. The molecule has 3 nitrogen and oxygen atoms in total. The minimum absolute atomic E-state index is 0.00123. The van der Waals surface area contributed by atoms with Gasteiger partial charge in [-0.15, -0.1) is 0 Å². The van der Waals surface area contributed by atoms with Crippen LogP contribution in [0.3, 0.4) is 0 Å². The summed E-state index contributed by atoms with van der Waals surface area (Å²) in [6.45, 7) is 4.84. The summed E-state index contributed by atoms with van der Waals surface area (Å²) in [5, 5.41) is 9.25. The molecule has 0 bridgehead atoms. The second-order valence-corrected chi connectivity index (χ2v) is 3.82. The van der Waals surface area contributed by atoms with Gasteiger partial charge in [-0.3, -0.25) is 0 Å². The number of halogens is 2.